The fourth-order valence-electron chi connectivity index (χ4n) is 2.15. The van der Waals surface area contributed by atoms with Crippen molar-refractivity contribution in [1.29, 1.82) is 0 Å². The molecule has 20 heavy (non-hydrogen) atoms. The monoisotopic (exact) mass is 272 g/mol. The summed E-state index contributed by atoms with van der Waals surface area (Å²) in [6.07, 6.45) is 0. The predicted molar refractivity (Wildman–Crippen MR) is 79.9 cm³/mol. The van der Waals surface area contributed by atoms with Gasteiger partial charge in [-0.2, -0.15) is 0 Å². The van der Waals surface area contributed by atoms with Gasteiger partial charge in [-0.15, -0.1) is 0 Å². The number of nitrogens with two attached hydrogens (primary N) is 1. The van der Waals surface area contributed by atoms with Crippen molar-refractivity contribution < 1.29 is 9.18 Å². The molecule has 0 bridgehead atoms. The number of anilines is 3. The Hall–Kier alpha value is -2.36. The van der Waals surface area contributed by atoms with Crippen molar-refractivity contribution in [3.8, 4) is 0 Å². The highest BCUT2D eigenvalue weighted by molar-refractivity contribution is 6.00. The first-order valence-electron chi connectivity index (χ1n) is 6.46. The molecule has 0 fully saturated rings. The van der Waals surface area contributed by atoms with Gasteiger partial charge in [0.1, 0.15) is 5.82 Å². The van der Waals surface area contributed by atoms with E-state index >= 15 is 0 Å². The van der Waals surface area contributed by atoms with Crippen molar-refractivity contribution in [3.05, 3.63) is 53.8 Å². The molecule has 0 heterocycles. The maximum absolute atomic E-state index is 13.0. The van der Waals surface area contributed by atoms with Crippen molar-refractivity contribution in [2.24, 2.45) is 0 Å². The lowest BCUT2D eigenvalue weighted by Gasteiger charge is -2.24. The molecule has 0 unspecified atom stereocenters. The fourth-order valence-corrected chi connectivity index (χ4v) is 2.15. The minimum Gasteiger partial charge on any atom is -0.398 e. The van der Waals surface area contributed by atoms with Crippen LogP contribution >= 0.6 is 0 Å². The zero-order valence-electron chi connectivity index (χ0n) is 11.6. The first-order valence-corrected chi connectivity index (χ1v) is 6.46. The van der Waals surface area contributed by atoms with E-state index in [9.17, 15) is 9.18 Å². The SMILES string of the molecule is CCN(c1ccc(F)cc1)c1ccc(N)c(C(C)=O)c1. The van der Waals surface area contributed by atoms with Gasteiger partial charge in [0.2, 0.25) is 0 Å². The van der Waals surface area contributed by atoms with Gasteiger partial charge in [0.15, 0.2) is 5.78 Å². The number of hydrogen-bond donors (Lipinski definition) is 1. The van der Waals surface area contributed by atoms with Gasteiger partial charge >= 0.3 is 0 Å². The smallest absolute Gasteiger partial charge is 0.161 e. The molecular weight excluding hydrogens is 255 g/mol. The van der Waals surface area contributed by atoms with Gasteiger partial charge in [0.25, 0.3) is 0 Å². The third kappa shape index (κ3) is 2.79. The Kier molecular flexibility index (Phi) is 4.03. The molecular formula is C16H17FN2O. The van der Waals surface area contributed by atoms with Crippen LogP contribution in [0, 0.1) is 5.82 Å². The highest BCUT2D eigenvalue weighted by Crippen LogP contribution is 2.28. The molecule has 4 heteroatoms. The zero-order valence-corrected chi connectivity index (χ0v) is 11.6. The molecule has 2 aromatic rings. The van der Waals surface area contributed by atoms with Crippen LogP contribution < -0.4 is 10.6 Å². The quantitative estimate of drug-likeness (QED) is 0.680. The summed E-state index contributed by atoms with van der Waals surface area (Å²) >= 11 is 0. The third-order valence-corrected chi connectivity index (χ3v) is 3.18. The summed E-state index contributed by atoms with van der Waals surface area (Å²) in [5.74, 6) is -0.342. The molecule has 2 rings (SSSR count). The van der Waals surface area contributed by atoms with Crippen LogP contribution in [0.15, 0.2) is 42.5 Å². The second-order valence-corrected chi connectivity index (χ2v) is 4.55. The van der Waals surface area contributed by atoms with Gasteiger partial charge in [-0.05, 0) is 56.3 Å². The Morgan fingerprint density at radius 2 is 1.75 bits per heavy atom. The minimum atomic E-state index is -0.272. The molecule has 0 radical (unpaired) electrons. The van der Waals surface area contributed by atoms with E-state index in [1.165, 1.54) is 19.1 Å². The molecule has 0 aliphatic rings. The molecule has 0 saturated carbocycles. The molecule has 0 atom stereocenters. The number of nitrogen functional groups attached to an aromatic ring is 1. The number of halogens is 1. The van der Waals surface area contributed by atoms with Gasteiger partial charge in [-0.25, -0.2) is 4.39 Å². The Morgan fingerprint density at radius 3 is 2.30 bits per heavy atom. The lowest BCUT2D eigenvalue weighted by molar-refractivity contribution is 0.101. The summed E-state index contributed by atoms with van der Waals surface area (Å²) < 4.78 is 13.0. The molecule has 0 aromatic heterocycles. The van der Waals surface area contributed by atoms with E-state index in [1.54, 1.807) is 24.3 Å². The Labute approximate surface area is 117 Å². The van der Waals surface area contributed by atoms with Crippen LogP contribution in [-0.2, 0) is 0 Å². The number of rotatable bonds is 4. The average Bonchev–Trinajstić information content (AvgIpc) is 2.43. The summed E-state index contributed by atoms with van der Waals surface area (Å²) in [6, 6.07) is 11.6. The van der Waals surface area contributed by atoms with Crippen LogP contribution in [0.25, 0.3) is 0 Å². The number of Topliss-reactive ketones (excluding diaryl/α,β-unsaturated/α-hetero) is 1. The van der Waals surface area contributed by atoms with E-state index in [1.807, 2.05) is 17.9 Å². The van der Waals surface area contributed by atoms with Crippen LogP contribution in [0.3, 0.4) is 0 Å². The summed E-state index contributed by atoms with van der Waals surface area (Å²) in [7, 11) is 0. The lowest BCUT2D eigenvalue weighted by Crippen LogP contribution is -2.16. The summed E-state index contributed by atoms with van der Waals surface area (Å²) in [4.78, 5) is 13.6. The summed E-state index contributed by atoms with van der Waals surface area (Å²) in [5, 5.41) is 0. The van der Waals surface area contributed by atoms with E-state index in [0.29, 0.717) is 17.8 Å². The Balaban J connectivity index is 2.44. The number of benzene rings is 2. The molecule has 3 nitrogen and oxygen atoms in total. The van der Waals surface area contributed by atoms with Crippen molar-refractivity contribution in [2.45, 2.75) is 13.8 Å². The van der Waals surface area contributed by atoms with Crippen LogP contribution in [-0.4, -0.2) is 12.3 Å². The summed E-state index contributed by atoms with van der Waals surface area (Å²) in [5.41, 5.74) is 8.50. The van der Waals surface area contributed by atoms with Crippen LogP contribution in [0.4, 0.5) is 21.5 Å². The Bertz CT molecular complexity index is 623. The van der Waals surface area contributed by atoms with Gasteiger partial charge in [-0.1, -0.05) is 0 Å². The zero-order chi connectivity index (χ0) is 14.7. The van der Waals surface area contributed by atoms with Crippen molar-refractivity contribution >= 4 is 22.8 Å². The second-order valence-electron chi connectivity index (χ2n) is 4.55. The van der Waals surface area contributed by atoms with E-state index in [4.69, 9.17) is 5.73 Å². The molecule has 104 valence electrons. The molecule has 0 aliphatic carbocycles. The molecule has 0 spiro atoms. The Morgan fingerprint density at radius 1 is 1.15 bits per heavy atom. The van der Waals surface area contributed by atoms with Gasteiger partial charge in [0, 0.05) is 29.2 Å². The highest BCUT2D eigenvalue weighted by atomic mass is 19.1. The van der Waals surface area contributed by atoms with Crippen molar-refractivity contribution in [3.63, 3.8) is 0 Å². The highest BCUT2D eigenvalue weighted by Gasteiger charge is 2.11. The molecule has 0 amide bonds. The average molecular weight is 272 g/mol. The maximum Gasteiger partial charge on any atom is 0.161 e. The normalized spacial score (nSPS) is 10.3. The number of carbonyl (C=O) groups is 1. The first-order chi connectivity index (χ1) is 9.52. The number of nitrogens with zero attached hydrogens (tertiary/aromatic N) is 1. The molecule has 0 aliphatic heterocycles. The van der Waals surface area contributed by atoms with E-state index in [2.05, 4.69) is 0 Å². The van der Waals surface area contributed by atoms with Gasteiger partial charge in [0.05, 0.1) is 0 Å². The van der Waals surface area contributed by atoms with Gasteiger partial charge < -0.3 is 10.6 Å². The third-order valence-electron chi connectivity index (χ3n) is 3.18. The van der Waals surface area contributed by atoms with Crippen molar-refractivity contribution in [1.82, 2.24) is 0 Å². The standard InChI is InChI=1S/C16H17FN2O/c1-3-19(13-6-4-12(17)5-7-13)14-8-9-16(18)15(10-14)11(2)20/h4-10H,3,18H2,1-2H3. The summed E-state index contributed by atoms with van der Waals surface area (Å²) in [6.45, 7) is 4.18. The number of carbonyl (C=O) groups excluding carboxylic acids is 1. The number of hydrogen-bond acceptors (Lipinski definition) is 3. The van der Waals surface area contributed by atoms with E-state index in [-0.39, 0.29) is 11.6 Å². The molecule has 2 N–H and O–H groups in total. The topological polar surface area (TPSA) is 46.3 Å². The maximum atomic E-state index is 13.0. The largest absolute Gasteiger partial charge is 0.398 e. The molecule has 0 saturated heterocycles. The van der Waals surface area contributed by atoms with Crippen LogP contribution in [0.5, 0.6) is 0 Å². The minimum absolute atomic E-state index is 0.0699. The van der Waals surface area contributed by atoms with Crippen molar-refractivity contribution in [2.75, 3.05) is 17.2 Å². The predicted octanol–water partition coefficient (Wildman–Crippen LogP) is 3.77. The van der Waals surface area contributed by atoms with E-state index < -0.39 is 0 Å². The lowest BCUT2D eigenvalue weighted by atomic mass is 10.1. The molecule has 2 aromatic carbocycles. The van der Waals surface area contributed by atoms with Crippen LogP contribution in [0.1, 0.15) is 24.2 Å². The second kappa shape index (κ2) is 5.74. The van der Waals surface area contributed by atoms with Gasteiger partial charge in [-0.3, -0.25) is 4.79 Å². The van der Waals surface area contributed by atoms with E-state index in [0.717, 1.165) is 11.4 Å². The first kappa shape index (κ1) is 14.1. The van der Waals surface area contributed by atoms with Crippen LogP contribution in [0.2, 0.25) is 0 Å². The fraction of sp³-hybridized carbons (Fsp3) is 0.188. The number of ketones is 1.